The van der Waals surface area contributed by atoms with Crippen molar-refractivity contribution in [2.24, 2.45) is 0 Å². The number of hydrogen-bond acceptors (Lipinski definition) is 2. The minimum absolute atomic E-state index is 0. The highest BCUT2D eigenvalue weighted by atomic mass is 35.5. The molecule has 0 saturated carbocycles. The Hall–Kier alpha value is -0.280. The smallest absolute Gasteiger partial charge is 0.320 e. The van der Waals surface area contributed by atoms with Crippen LogP contribution in [0.2, 0.25) is 0 Å². The molecule has 0 bridgehead atoms. The average molecular weight is 168 g/mol. The van der Waals surface area contributed by atoms with Crippen LogP contribution in [0.15, 0.2) is 0 Å². The highest BCUT2D eigenvalue weighted by Gasteiger charge is 2.20. The molecule has 3 nitrogen and oxygen atoms in total. The van der Waals surface area contributed by atoms with Crippen LogP contribution in [0.5, 0.6) is 0 Å². The molecule has 1 saturated heterocycles. The van der Waals surface area contributed by atoms with Gasteiger partial charge >= 0.3 is 5.97 Å². The summed E-state index contributed by atoms with van der Waals surface area (Å²) in [5.74, 6) is -0.720. The van der Waals surface area contributed by atoms with Gasteiger partial charge in [-0.25, -0.2) is 0 Å². The highest BCUT2D eigenvalue weighted by molar-refractivity contribution is 5.85. The van der Waals surface area contributed by atoms with Crippen molar-refractivity contribution in [3.8, 4) is 0 Å². The maximum atomic E-state index is 10.1. The molecule has 0 aromatic heterocycles. The maximum absolute atomic E-state index is 10.1. The summed E-state index contributed by atoms with van der Waals surface area (Å²) >= 11 is 0. The second kappa shape index (κ2) is 5.50. The molecule has 0 aromatic carbocycles. The first-order valence-electron chi connectivity index (χ1n) is 2.77. The Morgan fingerprint density at radius 2 is 2.20 bits per heavy atom. The van der Waals surface area contributed by atoms with E-state index < -0.39 is 5.97 Å². The standard InChI is InChI=1S/C5H9NO2.CH4.ClH/c7-5(8)4-2-1-3-6-4;;/h4,6H,1-3H2,(H,7,8);1H4;1H/t4-;;/m0../s1. The third kappa shape index (κ3) is 3.03. The van der Waals surface area contributed by atoms with Crippen molar-refractivity contribution >= 4 is 18.4 Å². The quantitative estimate of drug-likeness (QED) is 0.610. The van der Waals surface area contributed by atoms with Gasteiger partial charge in [0, 0.05) is 0 Å². The predicted octanol–water partition coefficient (Wildman–Crippen LogP) is 0.881. The first-order chi connectivity index (χ1) is 3.80. The number of nitrogens with one attached hydrogen (secondary N) is 1. The van der Waals surface area contributed by atoms with Gasteiger partial charge in [-0.15, -0.1) is 12.4 Å². The largest absolute Gasteiger partial charge is 0.480 e. The lowest BCUT2D eigenvalue weighted by Gasteiger charge is -1.99. The van der Waals surface area contributed by atoms with Gasteiger partial charge in [0.1, 0.15) is 6.04 Å². The molecule has 0 amide bonds. The first kappa shape index (κ1) is 12.4. The molecule has 1 atom stereocenters. The van der Waals surface area contributed by atoms with E-state index in [1.807, 2.05) is 0 Å². The van der Waals surface area contributed by atoms with Crippen molar-refractivity contribution in [2.75, 3.05) is 6.54 Å². The number of halogens is 1. The van der Waals surface area contributed by atoms with Crippen LogP contribution in [0.1, 0.15) is 20.3 Å². The minimum Gasteiger partial charge on any atom is -0.480 e. The van der Waals surface area contributed by atoms with Gasteiger partial charge in [-0.3, -0.25) is 4.79 Å². The summed E-state index contributed by atoms with van der Waals surface area (Å²) < 4.78 is 0. The Labute approximate surface area is 67.2 Å². The molecule has 0 aliphatic carbocycles. The van der Waals surface area contributed by atoms with Crippen molar-refractivity contribution in [3.05, 3.63) is 0 Å². The van der Waals surface area contributed by atoms with E-state index in [-0.39, 0.29) is 25.9 Å². The third-order valence-electron chi connectivity index (χ3n) is 1.36. The molecule has 62 valence electrons. The lowest BCUT2D eigenvalue weighted by molar-refractivity contribution is -0.139. The SMILES string of the molecule is C.Cl.O=C(O)[C@@H]1CCCN1. The van der Waals surface area contributed by atoms with E-state index in [0.29, 0.717) is 0 Å². The summed E-state index contributed by atoms with van der Waals surface area (Å²) in [6.45, 7) is 0.858. The van der Waals surface area contributed by atoms with Gasteiger partial charge < -0.3 is 10.4 Å². The molecular weight excluding hydrogens is 154 g/mol. The molecule has 1 heterocycles. The molecular formula is C6H14ClNO2. The van der Waals surface area contributed by atoms with Crippen LogP contribution in [0.25, 0.3) is 0 Å². The molecule has 4 heteroatoms. The number of aliphatic carboxylic acids is 1. The summed E-state index contributed by atoms with van der Waals surface area (Å²) in [5.41, 5.74) is 0. The molecule has 1 rings (SSSR count). The lowest BCUT2D eigenvalue weighted by Crippen LogP contribution is -2.29. The number of rotatable bonds is 1. The molecule has 0 spiro atoms. The van der Waals surface area contributed by atoms with Crippen LogP contribution >= 0.6 is 12.4 Å². The van der Waals surface area contributed by atoms with Crippen molar-refractivity contribution in [1.82, 2.24) is 5.32 Å². The number of carboxylic acids is 1. The van der Waals surface area contributed by atoms with E-state index >= 15 is 0 Å². The summed E-state index contributed by atoms with van der Waals surface area (Å²) in [5, 5.41) is 11.2. The fourth-order valence-corrected chi connectivity index (χ4v) is 0.895. The van der Waals surface area contributed by atoms with Crippen LogP contribution in [0.4, 0.5) is 0 Å². The Kier molecular flexibility index (Phi) is 6.82. The summed E-state index contributed by atoms with van der Waals surface area (Å²) in [4.78, 5) is 10.1. The van der Waals surface area contributed by atoms with Crippen LogP contribution in [0.3, 0.4) is 0 Å². The van der Waals surface area contributed by atoms with Crippen molar-refractivity contribution in [3.63, 3.8) is 0 Å². The fourth-order valence-electron chi connectivity index (χ4n) is 0.895. The zero-order chi connectivity index (χ0) is 5.98. The zero-order valence-corrected chi connectivity index (χ0v) is 5.78. The molecule has 0 unspecified atom stereocenters. The monoisotopic (exact) mass is 167 g/mol. The number of carbonyl (C=O) groups is 1. The second-order valence-electron chi connectivity index (χ2n) is 1.99. The normalized spacial score (nSPS) is 22.6. The van der Waals surface area contributed by atoms with E-state index in [2.05, 4.69) is 5.32 Å². The van der Waals surface area contributed by atoms with Crippen LogP contribution in [-0.2, 0) is 4.79 Å². The highest BCUT2D eigenvalue weighted by Crippen LogP contribution is 2.03. The van der Waals surface area contributed by atoms with E-state index in [4.69, 9.17) is 5.11 Å². The van der Waals surface area contributed by atoms with E-state index in [1.165, 1.54) is 0 Å². The summed E-state index contributed by atoms with van der Waals surface area (Å²) in [6.07, 6.45) is 1.78. The summed E-state index contributed by atoms with van der Waals surface area (Å²) in [7, 11) is 0. The third-order valence-corrected chi connectivity index (χ3v) is 1.36. The maximum Gasteiger partial charge on any atom is 0.320 e. The molecule has 2 N–H and O–H groups in total. The van der Waals surface area contributed by atoms with E-state index in [0.717, 1.165) is 19.4 Å². The van der Waals surface area contributed by atoms with Crippen molar-refractivity contribution in [1.29, 1.82) is 0 Å². The van der Waals surface area contributed by atoms with Crippen LogP contribution in [0, 0.1) is 0 Å². The number of hydrogen-bond donors (Lipinski definition) is 2. The van der Waals surface area contributed by atoms with Gasteiger partial charge in [0.15, 0.2) is 0 Å². The Morgan fingerprint density at radius 1 is 1.60 bits per heavy atom. The Bertz CT molecular complexity index is 102. The predicted molar refractivity (Wildman–Crippen MR) is 42.6 cm³/mol. The van der Waals surface area contributed by atoms with Gasteiger partial charge in [0.05, 0.1) is 0 Å². The zero-order valence-electron chi connectivity index (χ0n) is 4.96. The van der Waals surface area contributed by atoms with Gasteiger partial charge in [0.25, 0.3) is 0 Å². The molecule has 10 heavy (non-hydrogen) atoms. The molecule has 0 radical (unpaired) electrons. The average Bonchev–Trinajstić information content (AvgIpc) is 2.12. The van der Waals surface area contributed by atoms with Crippen molar-refractivity contribution in [2.45, 2.75) is 26.3 Å². The van der Waals surface area contributed by atoms with Crippen LogP contribution < -0.4 is 5.32 Å². The summed E-state index contributed by atoms with van der Waals surface area (Å²) in [6, 6.07) is -0.269. The van der Waals surface area contributed by atoms with Crippen molar-refractivity contribution < 1.29 is 9.90 Å². The molecule has 1 aliphatic rings. The van der Waals surface area contributed by atoms with E-state index in [1.54, 1.807) is 0 Å². The topological polar surface area (TPSA) is 49.3 Å². The number of carboxylic acid groups (broad SMARTS) is 1. The minimum atomic E-state index is -0.720. The molecule has 1 fully saturated rings. The van der Waals surface area contributed by atoms with Gasteiger partial charge in [-0.2, -0.15) is 0 Å². The Balaban J connectivity index is 0. The van der Waals surface area contributed by atoms with E-state index in [9.17, 15) is 4.79 Å². The fraction of sp³-hybridized carbons (Fsp3) is 0.833. The van der Waals surface area contributed by atoms with Gasteiger partial charge in [0.2, 0.25) is 0 Å². The molecule has 1 aliphatic heterocycles. The second-order valence-corrected chi connectivity index (χ2v) is 1.99. The van der Waals surface area contributed by atoms with Crippen LogP contribution in [-0.4, -0.2) is 23.7 Å². The Morgan fingerprint density at radius 3 is 2.40 bits per heavy atom. The van der Waals surface area contributed by atoms with Gasteiger partial charge in [-0.1, -0.05) is 7.43 Å². The lowest BCUT2D eigenvalue weighted by atomic mass is 10.2. The first-order valence-corrected chi connectivity index (χ1v) is 2.77. The molecule has 0 aromatic rings. The van der Waals surface area contributed by atoms with Gasteiger partial charge in [-0.05, 0) is 19.4 Å².